The second kappa shape index (κ2) is 11.4. The minimum Gasteiger partial charge on any atom is -0.507 e. The number of aliphatic hydroxyl groups excluding tert-OH is 1. The lowest BCUT2D eigenvalue weighted by atomic mass is 9.94. The number of anilines is 1. The number of nitrogens with zero attached hydrogens (tertiary/aromatic N) is 2. The summed E-state index contributed by atoms with van der Waals surface area (Å²) in [6.07, 6.45) is 0.847. The lowest BCUT2D eigenvalue weighted by molar-refractivity contribution is -0.132. The van der Waals surface area contributed by atoms with Crippen LogP contribution in [0.25, 0.3) is 5.76 Å². The number of benzene rings is 2. The van der Waals surface area contributed by atoms with E-state index in [1.807, 2.05) is 6.92 Å². The number of halogens is 1. The van der Waals surface area contributed by atoms with Crippen LogP contribution < -0.4 is 9.64 Å². The maximum atomic E-state index is 13.4. The Morgan fingerprint density at radius 3 is 2.47 bits per heavy atom. The third-order valence-corrected chi connectivity index (χ3v) is 7.40. The summed E-state index contributed by atoms with van der Waals surface area (Å²) in [4.78, 5) is 45.1. The molecule has 0 saturated carbocycles. The number of thiazole rings is 1. The summed E-state index contributed by atoms with van der Waals surface area (Å²) in [5.74, 6) is -1.96. The van der Waals surface area contributed by atoms with E-state index in [9.17, 15) is 19.5 Å². The van der Waals surface area contributed by atoms with Gasteiger partial charge in [0.15, 0.2) is 5.13 Å². The normalized spacial score (nSPS) is 16.7. The molecule has 2 aromatic carbocycles. The van der Waals surface area contributed by atoms with Gasteiger partial charge in [-0.3, -0.25) is 14.5 Å². The first-order valence-electron chi connectivity index (χ1n) is 12.1. The molecule has 1 saturated heterocycles. The van der Waals surface area contributed by atoms with E-state index in [0.29, 0.717) is 39.8 Å². The molecule has 1 aromatic heterocycles. The highest BCUT2D eigenvalue weighted by atomic mass is 35.5. The Balaban J connectivity index is 1.87. The number of hydrogen-bond donors (Lipinski definition) is 1. The fraction of sp³-hybridized carbons (Fsp3) is 0.286. The van der Waals surface area contributed by atoms with E-state index in [-0.39, 0.29) is 27.9 Å². The molecular weight excluding hydrogens is 528 g/mol. The third kappa shape index (κ3) is 5.16. The highest BCUT2D eigenvalue weighted by Crippen LogP contribution is 2.44. The van der Waals surface area contributed by atoms with Gasteiger partial charge in [-0.05, 0) is 68.7 Å². The maximum Gasteiger partial charge on any atom is 0.350 e. The van der Waals surface area contributed by atoms with Gasteiger partial charge < -0.3 is 14.6 Å². The van der Waals surface area contributed by atoms with Crippen molar-refractivity contribution in [3.8, 4) is 5.75 Å². The van der Waals surface area contributed by atoms with Gasteiger partial charge in [0, 0.05) is 10.6 Å². The van der Waals surface area contributed by atoms with Crippen molar-refractivity contribution in [1.82, 2.24) is 4.98 Å². The van der Waals surface area contributed by atoms with Gasteiger partial charge in [0.1, 0.15) is 16.4 Å². The number of carbonyl (C=O) groups is 3. The molecule has 1 aliphatic rings. The van der Waals surface area contributed by atoms with Gasteiger partial charge in [0.25, 0.3) is 5.78 Å². The molecule has 0 bridgehead atoms. The average Bonchev–Trinajstić information content (AvgIpc) is 3.39. The van der Waals surface area contributed by atoms with Crippen molar-refractivity contribution in [2.75, 3.05) is 18.1 Å². The molecule has 38 heavy (non-hydrogen) atoms. The highest BCUT2D eigenvalue weighted by Gasteiger charge is 2.48. The molecule has 2 heterocycles. The van der Waals surface area contributed by atoms with Crippen LogP contribution in [0.15, 0.2) is 48.0 Å². The van der Waals surface area contributed by atoms with Crippen LogP contribution >= 0.6 is 22.9 Å². The molecule has 4 rings (SSSR count). The summed E-state index contributed by atoms with van der Waals surface area (Å²) >= 11 is 7.06. The molecule has 1 aliphatic heterocycles. The van der Waals surface area contributed by atoms with Crippen molar-refractivity contribution in [2.45, 2.75) is 40.2 Å². The number of aliphatic hydroxyl groups is 1. The smallest absolute Gasteiger partial charge is 0.350 e. The van der Waals surface area contributed by atoms with Crippen LogP contribution in [0.4, 0.5) is 5.13 Å². The Bertz CT molecular complexity index is 1430. The second-order valence-corrected chi connectivity index (χ2v) is 10.1. The minimum absolute atomic E-state index is 0.0896. The summed E-state index contributed by atoms with van der Waals surface area (Å²) < 4.78 is 10.8. The SMILES string of the molecule is CCCOc1ccc(/C(O)=C2\C(=O)C(=O)N(c3nc(C)c(C(=O)OCC)s3)C2c2ccc(Cl)cc2)c(C)c1. The number of aromatic nitrogens is 1. The number of amides is 1. The number of ketones is 1. The van der Waals surface area contributed by atoms with Crippen molar-refractivity contribution in [3.05, 3.63) is 80.3 Å². The Labute approximate surface area is 229 Å². The summed E-state index contributed by atoms with van der Waals surface area (Å²) in [6, 6.07) is 10.8. The number of Topliss-reactive ketones (excluding diaryl/α,β-unsaturated/α-hetero) is 1. The summed E-state index contributed by atoms with van der Waals surface area (Å²) in [5, 5.41) is 12.1. The molecular formula is C28H27ClN2O6S. The van der Waals surface area contributed by atoms with Crippen LogP contribution in [0, 0.1) is 13.8 Å². The van der Waals surface area contributed by atoms with E-state index in [1.54, 1.807) is 63.2 Å². The molecule has 1 unspecified atom stereocenters. The molecule has 1 atom stereocenters. The number of carbonyl (C=O) groups excluding carboxylic acids is 3. The van der Waals surface area contributed by atoms with Crippen LogP contribution in [0.2, 0.25) is 5.02 Å². The van der Waals surface area contributed by atoms with E-state index < -0.39 is 23.7 Å². The highest BCUT2D eigenvalue weighted by molar-refractivity contribution is 7.17. The van der Waals surface area contributed by atoms with Crippen molar-refractivity contribution >= 4 is 51.5 Å². The van der Waals surface area contributed by atoms with Crippen LogP contribution in [0.3, 0.4) is 0 Å². The molecule has 0 aliphatic carbocycles. The first kappa shape index (κ1) is 27.3. The van der Waals surface area contributed by atoms with E-state index in [0.717, 1.165) is 17.8 Å². The van der Waals surface area contributed by atoms with Gasteiger partial charge >= 0.3 is 11.9 Å². The molecule has 1 fully saturated rings. The van der Waals surface area contributed by atoms with Gasteiger partial charge in [-0.2, -0.15) is 0 Å². The van der Waals surface area contributed by atoms with Gasteiger partial charge in [-0.25, -0.2) is 9.78 Å². The minimum atomic E-state index is -0.997. The number of esters is 1. The van der Waals surface area contributed by atoms with Crippen LogP contribution in [0.5, 0.6) is 5.75 Å². The second-order valence-electron chi connectivity index (χ2n) is 8.68. The number of hydrogen-bond acceptors (Lipinski definition) is 8. The zero-order valence-corrected chi connectivity index (χ0v) is 23.0. The van der Waals surface area contributed by atoms with Crippen molar-refractivity contribution in [2.24, 2.45) is 0 Å². The predicted molar refractivity (Wildman–Crippen MR) is 146 cm³/mol. The third-order valence-electron chi connectivity index (χ3n) is 6.01. The topological polar surface area (TPSA) is 106 Å². The largest absolute Gasteiger partial charge is 0.507 e. The lowest BCUT2D eigenvalue weighted by Gasteiger charge is -2.23. The molecule has 0 radical (unpaired) electrons. The molecule has 198 valence electrons. The average molecular weight is 555 g/mol. The number of rotatable bonds is 8. The fourth-order valence-corrected chi connectivity index (χ4v) is 5.33. The van der Waals surface area contributed by atoms with Crippen molar-refractivity contribution < 1.29 is 29.0 Å². The molecule has 8 nitrogen and oxygen atoms in total. The first-order chi connectivity index (χ1) is 18.2. The van der Waals surface area contributed by atoms with Crippen LogP contribution in [-0.2, 0) is 14.3 Å². The maximum absolute atomic E-state index is 13.4. The molecule has 1 N–H and O–H groups in total. The van der Waals surface area contributed by atoms with E-state index in [1.165, 1.54) is 4.90 Å². The molecule has 3 aromatic rings. The Morgan fingerprint density at radius 1 is 1.13 bits per heavy atom. The van der Waals surface area contributed by atoms with E-state index >= 15 is 0 Å². The van der Waals surface area contributed by atoms with Crippen molar-refractivity contribution in [1.29, 1.82) is 0 Å². The predicted octanol–water partition coefficient (Wildman–Crippen LogP) is 6.01. The summed E-state index contributed by atoms with van der Waals surface area (Å²) in [6.45, 7) is 7.85. The van der Waals surface area contributed by atoms with Gasteiger partial charge in [-0.1, -0.05) is 42.0 Å². The quantitative estimate of drug-likeness (QED) is 0.157. The van der Waals surface area contributed by atoms with E-state index in [2.05, 4.69) is 4.98 Å². The van der Waals surface area contributed by atoms with E-state index in [4.69, 9.17) is 21.1 Å². The summed E-state index contributed by atoms with van der Waals surface area (Å²) in [5.41, 5.74) is 1.90. The Kier molecular flexibility index (Phi) is 8.18. The fourth-order valence-electron chi connectivity index (χ4n) is 4.22. The zero-order valence-electron chi connectivity index (χ0n) is 21.4. The van der Waals surface area contributed by atoms with Crippen molar-refractivity contribution in [3.63, 3.8) is 0 Å². The Hall–Kier alpha value is -3.69. The number of aryl methyl sites for hydroxylation is 2. The Morgan fingerprint density at radius 2 is 1.84 bits per heavy atom. The zero-order chi connectivity index (χ0) is 27.6. The molecule has 10 heteroatoms. The van der Waals surface area contributed by atoms with Gasteiger partial charge in [0.2, 0.25) is 0 Å². The van der Waals surface area contributed by atoms with Crippen LogP contribution in [0.1, 0.15) is 58.4 Å². The molecule has 0 spiro atoms. The lowest BCUT2D eigenvalue weighted by Crippen LogP contribution is -2.29. The molecule has 1 amide bonds. The standard InChI is InChI=1S/C28H27ClN2O6S/c1-5-13-37-19-11-12-20(15(3)14-19)23(32)21-22(17-7-9-18(29)10-8-17)31(26(34)24(21)33)28-30-16(4)25(38-28)27(35)36-6-2/h7-12,14,22,32H,5-6,13H2,1-4H3/b23-21+. The number of ether oxygens (including phenoxy) is 2. The van der Waals surface area contributed by atoms with Gasteiger partial charge in [-0.15, -0.1) is 0 Å². The van der Waals surface area contributed by atoms with Crippen LogP contribution in [-0.4, -0.2) is 41.0 Å². The monoisotopic (exact) mass is 554 g/mol. The van der Waals surface area contributed by atoms with Gasteiger partial charge in [0.05, 0.1) is 30.5 Å². The first-order valence-corrected chi connectivity index (χ1v) is 13.3. The summed E-state index contributed by atoms with van der Waals surface area (Å²) in [7, 11) is 0.